The fourth-order valence-corrected chi connectivity index (χ4v) is 2.13. The van der Waals surface area contributed by atoms with Crippen LogP contribution in [0.2, 0.25) is 0 Å². The van der Waals surface area contributed by atoms with Crippen LogP contribution in [0.25, 0.3) is 0 Å². The van der Waals surface area contributed by atoms with Crippen LogP contribution in [-0.2, 0) is 6.54 Å². The number of benzene rings is 1. The van der Waals surface area contributed by atoms with Crippen LogP contribution >= 0.6 is 0 Å². The summed E-state index contributed by atoms with van der Waals surface area (Å²) in [5.74, 6) is 0.0139. The first-order valence-corrected chi connectivity index (χ1v) is 6.25. The molecule has 1 aromatic rings. The molecule has 1 heterocycles. The van der Waals surface area contributed by atoms with Gasteiger partial charge in [0.1, 0.15) is 0 Å². The Morgan fingerprint density at radius 2 is 2.06 bits per heavy atom. The van der Waals surface area contributed by atoms with Crippen molar-refractivity contribution in [1.29, 1.82) is 5.41 Å². The van der Waals surface area contributed by atoms with E-state index in [0.29, 0.717) is 6.54 Å². The van der Waals surface area contributed by atoms with E-state index in [2.05, 4.69) is 46.4 Å². The minimum Gasteiger partial charge on any atom is -0.370 e. The number of nitrogens with zero attached hydrogens (tertiary/aromatic N) is 2. The average molecular weight is 247 g/mol. The van der Waals surface area contributed by atoms with Gasteiger partial charge in [-0.05, 0) is 24.7 Å². The highest BCUT2D eigenvalue weighted by molar-refractivity contribution is 5.74. The fourth-order valence-electron chi connectivity index (χ4n) is 2.13. The van der Waals surface area contributed by atoms with Gasteiger partial charge in [-0.15, -0.1) is 0 Å². The highest BCUT2D eigenvalue weighted by Gasteiger charge is 2.14. The van der Waals surface area contributed by atoms with Crippen molar-refractivity contribution < 1.29 is 0 Å². The predicted molar refractivity (Wildman–Crippen MR) is 74.9 cm³/mol. The van der Waals surface area contributed by atoms with Crippen molar-refractivity contribution in [2.45, 2.75) is 6.54 Å². The van der Waals surface area contributed by atoms with Gasteiger partial charge in [0.25, 0.3) is 0 Å². The minimum absolute atomic E-state index is 0.0139. The number of nitrogens with one attached hydrogen (secondary N) is 2. The smallest absolute Gasteiger partial charge is 0.185 e. The topological polar surface area (TPSA) is 68.4 Å². The second-order valence-electron chi connectivity index (χ2n) is 4.73. The van der Waals surface area contributed by atoms with Crippen molar-refractivity contribution in [2.75, 3.05) is 38.1 Å². The van der Waals surface area contributed by atoms with E-state index in [0.717, 1.165) is 31.7 Å². The van der Waals surface area contributed by atoms with Crippen LogP contribution in [0.15, 0.2) is 24.3 Å². The van der Waals surface area contributed by atoms with E-state index in [1.807, 2.05) is 0 Å². The molecule has 1 aliphatic heterocycles. The number of anilines is 1. The third-order valence-corrected chi connectivity index (χ3v) is 3.26. The summed E-state index contributed by atoms with van der Waals surface area (Å²) < 4.78 is 0. The van der Waals surface area contributed by atoms with E-state index in [1.54, 1.807) is 0 Å². The first-order valence-electron chi connectivity index (χ1n) is 6.25. The van der Waals surface area contributed by atoms with E-state index < -0.39 is 0 Å². The number of likely N-dealkylation sites (N-methyl/N-ethyl adjacent to an activating group) is 1. The average Bonchev–Trinajstić information content (AvgIpc) is 2.37. The molecule has 5 nitrogen and oxygen atoms in total. The second kappa shape index (κ2) is 5.73. The largest absolute Gasteiger partial charge is 0.370 e. The summed E-state index contributed by atoms with van der Waals surface area (Å²) in [4.78, 5) is 4.74. The maximum atomic E-state index is 7.17. The van der Waals surface area contributed by atoms with Crippen LogP contribution in [-0.4, -0.2) is 44.1 Å². The molecule has 0 unspecified atom stereocenters. The zero-order chi connectivity index (χ0) is 13.0. The first kappa shape index (κ1) is 12.7. The molecule has 1 aromatic carbocycles. The maximum Gasteiger partial charge on any atom is 0.185 e. The summed E-state index contributed by atoms with van der Waals surface area (Å²) in [5.41, 5.74) is 7.70. The van der Waals surface area contributed by atoms with Crippen LogP contribution in [0.1, 0.15) is 5.56 Å². The summed E-state index contributed by atoms with van der Waals surface area (Å²) in [6.45, 7) is 4.96. The molecular weight excluding hydrogens is 226 g/mol. The molecule has 0 bridgehead atoms. The Morgan fingerprint density at radius 3 is 2.72 bits per heavy atom. The lowest BCUT2D eigenvalue weighted by molar-refractivity contribution is 0.313. The summed E-state index contributed by atoms with van der Waals surface area (Å²) in [7, 11) is 2.16. The molecule has 0 radical (unpaired) electrons. The second-order valence-corrected chi connectivity index (χ2v) is 4.73. The Labute approximate surface area is 108 Å². The van der Waals surface area contributed by atoms with Crippen LogP contribution in [0, 0.1) is 5.41 Å². The molecule has 1 saturated heterocycles. The zero-order valence-corrected chi connectivity index (χ0v) is 10.8. The molecule has 5 heteroatoms. The van der Waals surface area contributed by atoms with E-state index in [9.17, 15) is 0 Å². The molecule has 0 atom stereocenters. The molecule has 0 spiro atoms. The molecule has 4 N–H and O–H groups in total. The molecule has 1 fully saturated rings. The molecule has 0 aliphatic carbocycles. The molecule has 0 amide bonds. The normalized spacial score (nSPS) is 16.6. The van der Waals surface area contributed by atoms with E-state index in [4.69, 9.17) is 11.1 Å². The number of nitrogens with two attached hydrogens (primary N) is 1. The molecule has 18 heavy (non-hydrogen) atoms. The van der Waals surface area contributed by atoms with Crippen LogP contribution in [0.3, 0.4) is 0 Å². The van der Waals surface area contributed by atoms with Gasteiger partial charge in [-0.2, -0.15) is 0 Å². The number of hydrogen-bond acceptors (Lipinski definition) is 3. The predicted octanol–water partition coefficient (Wildman–Crippen LogP) is 0.421. The summed E-state index contributed by atoms with van der Waals surface area (Å²) in [5, 5.41) is 10.00. The third kappa shape index (κ3) is 3.37. The van der Waals surface area contributed by atoms with Gasteiger partial charge in [-0.1, -0.05) is 12.1 Å². The summed E-state index contributed by atoms with van der Waals surface area (Å²) in [6, 6.07) is 8.42. The monoisotopic (exact) mass is 247 g/mol. The number of rotatable bonds is 3. The van der Waals surface area contributed by atoms with E-state index >= 15 is 0 Å². The summed E-state index contributed by atoms with van der Waals surface area (Å²) >= 11 is 0. The van der Waals surface area contributed by atoms with Crippen molar-refractivity contribution in [3.8, 4) is 0 Å². The Balaban J connectivity index is 2.00. The lowest BCUT2D eigenvalue weighted by atomic mass is 10.1. The lowest BCUT2D eigenvalue weighted by Crippen LogP contribution is -2.44. The molecular formula is C13H21N5. The van der Waals surface area contributed by atoms with Crippen molar-refractivity contribution in [2.24, 2.45) is 5.73 Å². The Hall–Kier alpha value is -1.75. The van der Waals surface area contributed by atoms with Gasteiger partial charge in [0, 0.05) is 38.4 Å². The van der Waals surface area contributed by atoms with Crippen LogP contribution in [0.4, 0.5) is 5.69 Å². The van der Waals surface area contributed by atoms with Crippen molar-refractivity contribution in [3.05, 3.63) is 29.8 Å². The SMILES string of the molecule is CN1CCN(c2cccc(CNC(=N)N)c2)CC1. The van der Waals surface area contributed by atoms with Gasteiger partial charge >= 0.3 is 0 Å². The van der Waals surface area contributed by atoms with E-state index in [-0.39, 0.29) is 5.96 Å². The van der Waals surface area contributed by atoms with Gasteiger partial charge in [0.2, 0.25) is 0 Å². The van der Waals surface area contributed by atoms with Gasteiger partial charge < -0.3 is 20.9 Å². The molecule has 1 aliphatic rings. The Morgan fingerprint density at radius 1 is 1.33 bits per heavy atom. The molecule has 98 valence electrons. The lowest BCUT2D eigenvalue weighted by Gasteiger charge is -2.34. The number of piperazine rings is 1. The quantitative estimate of drug-likeness (QED) is 0.535. The third-order valence-electron chi connectivity index (χ3n) is 3.26. The van der Waals surface area contributed by atoms with Gasteiger partial charge in [-0.3, -0.25) is 5.41 Å². The van der Waals surface area contributed by atoms with Crippen molar-refractivity contribution in [1.82, 2.24) is 10.2 Å². The van der Waals surface area contributed by atoms with Gasteiger partial charge in [-0.25, -0.2) is 0 Å². The number of guanidine groups is 1. The summed E-state index contributed by atoms with van der Waals surface area (Å²) in [6.07, 6.45) is 0. The standard InChI is InChI=1S/C13H21N5/c1-17-5-7-18(8-6-17)12-4-2-3-11(9-12)10-16-13(14)15/h2-4,9H,5-8,10H2,1H3,(H4,14,15,16). The number of hydrogen-bond donors (Lipinski definition) is 3. The van der Waals surface area contributed by atoms with E-state index in [1.165, 1.54) is 5.69 Å². The van der Waals surface area contributed by atoms with Gasteiger partial charge in [0.15, 0.2) is 5.96 Å². The fraction of sp³-hybridized carbons (Fsp3) is 0.462. The molecule has 2 rings (SSSR count). The van der Waals surface area contributed by atoms with Crippen molar-refractivity contribution in [3.63, 3.8) is 0 Å². The van der Waals surface area contributed by atoms with Crippen molar-refractivity contribution >= 4 is 11.6 Å². The highest BCUT2D eigenvalue weighted by Crippen LogP contribution is 2.17. The zero-order valence-electron chi connectivity index (χ0n) is 10.8. The van der Waals surface area contributed by atoms with Crippen LogP contribution in [0.5, 0.6) is 0 Å². The molecule has 0 aromatic heterocycles. The minimum atomic E-state index is 0.0139. The first-order chi connectivity index (χ1) is 8.65. The highest BCUT2D eigenvalue weighted by atomic mass is 15.2. The Bertz CT molecular complexity index is 410. The van der Waals surface area contributed by atoms with Crippen LogP contribution < -0.4 is 16.0 Å². The molecule has 0 saturated carbocycles. The maximum absolute atomic E-state index is 7.17. The van der Waals surface area contributed by atoms with Gasteiger partial charge in [0.05, 0.1) is 0 Å². The Kier molecular flexibility index (Phi) is 4.04.